The van der Waals surface area contributed by atoms with Gasteiger partial charge in [-0.25, -0.2) is 4.79 Å². The molecule has 1 saturated heterocycles. The lowest BCUT2D eigenvalue weighted by Crippen LogP contribution is -2.47. The molecule has 1 aliphatic heterocycles. The van der Waals surface area contributed by atoms with Crippen LogP contribution in [0.25, 0.3) is 0 Å². The molecule has 2 aromatic rings. The minimum atomic E-state index is -4.38. The molecule has 1 heterocycles. The van der Waals surface area contributed by atoms with E-state index in [1.807, 2.05) is 18.2 Å². The fourth-order valence-electron chi connectivity index (χ4n) is 3.29. The van der Waals surface area contributed by atoms with E-state index in [4.69, 9.17) is 0 Å². The lowest BCUT2D eigenvalue weighted by atomic mass is 10.2. The minimum Gasteiger partial charge on any atom is -0.369 e. The average molecular weight is 406 g/mol. The summed E-state index contributed by atoms with van der Waals surface area (Å²) in [6.07, 6.45) is -3.57. The first-order valence-electron chi connectivity index (χ1n) is 9.66. The van der Waals surface area contributed by atoms with E-state index in [0.717, 1.165) is 51.3 Å². The van der Waals surface area contributed by atoms with Crippen LogP contribution >= 0.6 is 0 Å². The highest BCUT2D eigenvalue weighted by molar-refractivity contribution is 5.89. The van der Waals surface area contributed by atoms with E-state index in [0.29, 0.717) is 12.2 Å². The number of hydrogen-bond acceptors (Lipinski definition) is 3. The number of anilines is 2. The Morgan fingerprint density at radius 2 is 1.59 bits per heavy atom. The van der Waals surface area contributed by atoms with E-state index in [1.54, 1.807) is 0 Å². The number of carbonyl (C=O) groups is 1. The fourth-order valence-corrected chi connectivity index (χ4v) is 3.29. The monoisotopic (exact) mass is 406 g/mol. The van der Waals surface area contributed by atoms with Crippen LogP contribution in [0.15, 0.2) is 54.6 Å². The van der Waals surface area contributed by atoms with Crippen molar-refractivity contribution in [2.75, 3.05) is 49.5 Å². The summed E-state index contributed by atoms with van der Waals surface area (Å²) < 4.78 is 37.6. The van der Waals surface area contributed by atoms with Crippen LogP contribution < -0.4 is 15.5 Å². The highest BCUT2D eigenvalue weighted by Gasteiger charge is 2.30. The summed E-state index contributed by atoms with van der Waals surface area (Å²) in [6.45, 7) is 5.31. The van der Waals surface area contributed by atoms with Crippen molar-refractivity contribution in [1.29, 1.82) is 0 Å². The van der Waals surface area contributed by atoms with E-state index in [1.165, 1.54) is 17.8 Å². The predicted molar refractivity (Wildman–Crippen MR) is 108 cm³/mol. The molecule has 29 heavy (non-hydrogen) atoms. The first kappa shape index (κ1) is 21.0. The molecule has 0 spiro atoms. The Balaban J connectivity index is 1.31. The van der Waals surface area contributed by atoms with Crippen molar-refractivity contribution in [2.45, 2.75) is 12.6 Å². The molecule has 0 radical (unpaired) electrons. The molecule has 0 aromatic heterocycles. The summed E-state index contributed by atoms with van der Waals surface area (Å²) in [5.41, 5.74) is 0.831. The molecule has 0 aliphatic carbocycles. The highest BCUT2D eigenvalue weighted by atomic mass is 19.4. The number of alkyl halides is 3. The van der Waals surface area contributed by atoms with Gasteiger partial charge in [0.25, 0.3) is 0 Å². The number of nitrogens with one attached hydrogen (secondary N) is 2. The van der Waals surface area contributed by atoms with Crippen molar-refractivity contribution < 1.29 is 18.0 Å². The summed E-state index contributed by atoms with van der Waals surface area (Å²) in [5, 5.41) is 5.29. The molecule has 1 aliphatic rings. The number of halogens is 3. The Hall–Kier alpha value is -2.74. The third-order valence-corrected chi connectivity index (χ3v) is 4.90. The van der Waals surface area contributed by atoms with Gasteiger partial charge in [0.2, 0.25) is 0 Å². The summed E-state index contributed by atoms with van der Waals surface area (Å²) in [7, 11) is 0. The molecule has 0 bridgehead atoms. The van der Waals surface area contributed by atoms with Gasteiger partial charge in [0.05, 0.1) is 5.56 Å². The number of benzene rings is 2. The first-order chi connectivity index (χ1) is 13.9. The SMILES string of the molecule is O=C(NCCCN1CCN(c2ccccc2)CC1)Nc1ccc(C(F)(F)F)cc1. The van der Waals surface area contributed by atoms with Gasteiger partial charge in [0, 0.05) is 44.1 Å². The highest BCUT2D eigenvalue weighted by Crippen LogP contribution is 2.29. The van der Waals surface area contributed by atoms with Crippen molar-refractivity contribution in [1.82, 2.24) is 10.2 Å². The van der Waals surface area contributed by atoms with E-state index in [9.17, 15) is 18.0 Å². The Morgan fingerprint density at radius 3 is 2.21 bits per heavy atom. The summed E-state index contributed by atoms with van der Waals surface area (Å²) in [6, 6.07) is 14.3. The van der Waals surface area contributed by atoms with Gasteiger partial charge in [-0.2, -0.15) is 13.2 Å². The Kier molecular flexibility index (Phi) is 6.98. The van der Waals surface area contributed by atoms with Gasteiger partial charge >= 0.3 is 12.2 Å². The van der Waals surface area contributed by atoms with Crippen molar-refractivity contribution in [2.24, 2.45) is 0 Å². The van der Waals surface area contributed by atoms with Gasteiger partial charge < -0.3 is 15.5 Å². The molecule has 156 valence electrons. The quantitative estimate of drug-likeness (QED) is 0.712. The average Bonchev–Trinajstić information content (AvgIpc) is 2.72. The number of piperazine rings is 1. The van der Waals surface area contributed by atoms with Crippen molar-refractivity contribution in [3.05, 3.63) is 60.2 Å². The molecular formula is C21H25F3N4O. The number of nitrogens with zero attached hydrogens (tertiary/aromatic N) is 2. The molecule has 0 unspecified atom stereocenters. The van der Waals surface area contributed by atoms with Gasteiger partial charge in [-0.15, -0.1) is 0 Å². The van der Waals surface area contributed by atoms with Crippen LogP contribution in [-0.2, 0) is 6.18 Å². The molecule has 8 heteroatoms. The predicted octanol–water partition coefficient (Wildman–Crippen LogP) is 4.04. The van der Waals surface area contributed by atoms with E-state index >= 15 is 0 Å². The standard InChI is InChI=1S/C21H25F3N4O/c22-21(23,24)17-7-9-18(10-8-17)26-20(29)25-11-4-12-27-13-15-28(16-14-27)19-5-2-1-3-6-19/h1-3,5-10H,4,11-16H2,(H2,25,26,29). The lowest BCUT2D eigenvalue weighted by molar-refractivity contribution is -0.137. The van der Waals surface area contributed by atoms with Crippen LogP contribution in [0.5, 0.6) is 0 Å². The number of rotatable bonds is 6. The molecule has 2 aromatic carbocycles. The lowest BCUT2D eigenvalue weighted by Gasteiger charge is -2.36. The number of amides is 2. The Labute approximate surface area is 168 Å². The van der Waals surface area contributed by atoms with E-state index in [2.05, 4.69) is 32.6 Å². The van der Waals surface area contributed by atoms with Crippen molar-refractivity contribution in [3.8, 4) is 0 Å². The molecule has 5 nitrogen and oxygen atoms in total. The van der Waals surface area contributed by atoms with Crippen LogP contribution in [0.4, 0.5) is 29.3 Å². The van der Waals surface area contributed by atoms with Crippen molar-refractivity contribution >= 4 is 17.4 Å². The zero-order chi connectivity index (χ0) is 20.7. The zero-order valence-corrected chi connectivity index (χ0v) is 16.1. The van der Waals surface area contributed by atoms with Gasteiger partial charge in [-0.05, 0) is 49.4 Å². The maximum absolute atomic E-state index is 12.5. The van der Waals surface area contributed by atoms with Gasteiger partial charge in [0.1, 0.15) is 0 Å². The van der Waals surface area contributed by atoms with Crippen LogP contribution in [0.1, 0.15) is 12.0 Å². The molecule has 2 N–H and O–H groups in total. The number of urea groups is 1. The maximum atomic E-state index is 12.5. The van der Waals surface area contributed by atoms with Gasteiger partial charge in [-0.3, -0.25) is 4.90 Å². The Morgan fingerprint density at radius 1 is 0.931 bits per heavy atom. The summed E-state index contributed by atoms with van der Waals surface area (Å²) >= 11 is 0. The largest absolute Gasteiger partial charge is 0.416 e. The number of hydrogen-bond donors (Lipinski definition) is 2. The molecule has 0 atom stereocenters. The van der Waals surface area contributed by atoms with Gasteiger partial charge in [0.15, 0.2) is 0 Å². The maximum Gasteiger partial charge on any atom is 0.416 e. The van der Waals surface area contributed by atoms with Crippen molar-refractivity contribution in [3.63, 3.8) is 0 Å². The Bertz CT molecular complexity index is 773. The number of carbonyl (C=O) groups excluding carboxylic acids is 1. The third-order valence-electron chi connectivity index (χ3n) is 4.90. The van der Waals surface area contributed by atoms with Crippen LogP contribution in [0.2, 0.25) is 0 Å². The second-order valence-electron chi connectivity index (χ2n) is 6.97. The topological polar surface area (TPSA) is 47.6 Å². The van der Waals surface area contributed by atoms with Crippen LogP contribution in [0, 0.1) is 0 Å². The zero-order valence-electron chi connectivity index (χ0n) is 16.1. The van der Waals surface area contributed by atoms with Crippen LogP contribution in [0.3, 0.4) is 0 Å². The molecule has 3 rings (SSSR count). The van der Waals surface area contributed by atoms with Crippen LogP contribution in [-0.4, -0.2) is 50.2 Å². The summed E-state index contributed by atoms with van der Waals surface area (Å²) in [5.74, 6) is 0. The van der Waals surface area contributed by atoms with Gasteiger partial charge in [-0.1, -0.05) is 18.2 Å². The molecule has 1 fully saturated rings. The second-order valence-corrected chi connectivity index (χ2v) is 6.97. The first-order valence-corrected chi connectivity index (χ1v) is 9.66. The van der Waals surface area contributed by atoms with E-state index < -0.39 is 17.8 Å². The smallest absolute Gasteiger partial charge is 0.369 e. The molecular weight excluding hydrogens is 381 g/mol. The summed E-state index contributed by atoms with van der Waals surface area (Å²) in [4.78, 5) is 16.6. The number of para-hydroxylation sites is 1. The normalized spacial score (nSPS) is 15.2. The van der Waals surface area contributed by atoms with E-state index in [-0.39, 0.29) is 0 Å². The minimum absolute atomic E-state index is 0.326. The second kappa shape index (κ2) is 9.65. The third kappa shape index (κ3) is 6.39. The fraction of sp³-hybridized carbons (Fsp3) is 0.381. The molecule has 2 amide bonds. The molecule has 0 saturated carbocycles.